The summed E-state index contributed by atoms with van der Waals surface area (Å²) in [5, 5.41) is 6.83. The normalized spacial score (nSPS) is 12.6. The highest BCUT2D eigenvalue weighted by Gasteiger charge is 2.12. The van der Waals surface area contributed by atoms with Crippen molar-refractivity contribution in [3.63, 3.8) is 0 Å². The van der Waals surface area contributed by atoms with Crippen molar-refractivity contribution in [2.24, 2.45) is 0 Å². The summed E-state index contributed by atoms with van der Waals surface area (Å²) in [7, 11) is 0. The quantitative estimate of drug-likeness (QED) is 0.868. The molecule has 0 bridgehead atoms. The van der Waals surface area contributed by atoms with Crippen molar-refractivity contribution in [2.45, 2.75) is 32.7 Å². The molecule has 1 atom stereocenters. The van der Waals surface area contributed by atoms with Gasteiger partial charge < -0.3 is 5.32 Å². The minimum absolute atomic E-state index is 0.412. The zero-order valence-corrected chi connectivity index (χ0v) is 11.7. The van der Waals surface area contributed by atoms with Gasteiger partial charge >= 0.3 is 0 Å². The number of rotatable bonds is 6. The zero-order valence-electron chi connectivity index (χ0n) is 10.9. The number of nitrogens with zero attached hydrogens (tertiary/aromatic N) is 2. The highest BCUT2D eigenvalue weighted by Crippen LogP contribution is 2.13. The smallest absolute Gasteiger partial charge is 0.0943 e. The van der Waals surface area contributed by atoms with Crippen molar-refractivity contribution in [2.75, 3.05) is 6.54 Å². The Morgan fingerprint density at radius 2 is 2.22 bits per heavy atom. The van der Waals surface area contributed by atoms with E-state index < -0.39 is 0 Å². The Kier molecular flexibility index (Phi) is 4.84. The molecule has 1 unspecified atom stereocenters. The third-order valence-electron chi connectivity index (χ3n) is 2.76. The summed E-state index contributed by atoms with van der Waals surface area (Å²) in [5.41, 5.74) is 2.25. The van der Waals surface area contributed by atoms with Crippen molar-refractivity contribution in [3.8, 4) is 0 Å². The Hall–Kier alpha value is -1.26. The Balaban J connectivity index is 1.99. The van der Waals surface area contributed by atoms with Crippen LogP contribution in [0.3, 0.4) is 0 Å². The lowest BCUT2D eigenvalue weighted by Crippen LogP contribution is -2.33. The van der Waals surface area contributed by atoms with Crippen LogP contribution in [-0.2, 0) is 12.8 Å². The largest absolute Gasteiger partial charge is 0.313 e. The molecule has 0 aliphatic carbocycles. The molecule has 2 aromatic rings. The number of aromatic nitrogens is 2. The maximum atomic E-state index is 4.53. The van der Waals surface area contributed by atoms with Crippen LogP contribution in [0.15, 0.2) is 29.8 Å². The Morgan fingerprint density at radius 3 is 2.83 bits per heavy atom. The van der Waals surface area contributed by atoms with E-state index in [0.717, 1.165) is 30.8 Å². The van der Waals surface area contributed by atoms with Gasteiger partial charge in [-0.3, -0.25) is 4.98 Å². The van der Waals surface area contributed by atoms with Gasteiger partial charge in [0.25, 0.3) is 0 Å². The van der Waals surface area contributed by atoms with Gasteiger partial charge in [0.2, 0.25) is 0 Å². The van der Waals surface area contributed by atoms with Gasteiger partial charge in [0, 0.05) is 41.8 Å². The Morgan fingerprint density at radius 1 is 1.33 bits per heavy atom. The van der Waals surface area contributed by atoms with Gasteiger partial charge in [-0.2, -0.15) is 0 Å². The molecule has 0 aromatic carbocycles. The molecule has 4 heteroatoms. The number of likely N-dealkylation sites (N-methyl/N-ethyl adjacent to an activating group) is 1. The molecule has 0 fully saturated rings. The van der Waals surface area contributed by atoms with Crippen molar-refractivity contribution < 1.29 is 0 Å². The van der Waals surface area contributed by atoms with Crippen LogP contribution in [0.4, 0.5) is 0 Å². The highest BCUT2D eigenvalue weighted by atomic mass is 32.1. The molecule has 18 heavy (non-hydrogen) atoms. The molecule has 0 radical (unpaired) electrons. The summed E-state index contributed by atoms with van der Waals surface area (Å²) in [4.78, 5) is 8.92. The number of aryl methyl sites for hydroxylation is 1. The lowest BCUT2D eigenvalue weighted by molar-refractivity contribution is 0.515. The van der Waals surface area contributed by atoms with E-state index in [1.165, 1.54) is 5.01 Å². The summed E-state index contributed by atoms with van der Waals surface area (Å²) in [6.45, 7) is 5.15. The predicted molar refractivity (Wildman–Crippen MR) is 76.0 cm³/mol. The minimum Gasteiger partial charge on any atom is -0.313 e. The fourth-order valence-corrected chi connectivity index (χ4v) is 2.84. The van der Waals surface area contributed by atoms with Crippen LogP contribution in [0.1, 0.15) is 23.3 Å². The van der Waals surface area contributed by atoms with E-state index in [2.05, 4.69) is 33.7 Å². The first-order valence-corrected chi connectivity index (χ1v) is 7.20. The number of pyridine rings is 1. The molecule has 2 rings (SSSR count). The lowest BCUT2D eigenvalue weighted by atomic mass is 10.1. The number of thiazole rings is 1. The average molecular weight is 261 g/mol. The second-order valence-corrected chi connectivity index (χ2v) is 5.31. The summed E-state index contributed by atoms with van der Waals surface area (Å²) in [6, 6.07) is 6.49. The van der Waals surface area contributed by atoms with Crippen LogP contribution in [0.25, 0.3) is 0 Å². The zero-order chi connectivity index (χ0) is 12.8. The fraction of sp³-hybridized carbons (Fsp3) is 0.429. The molecule has 0 amide bonds. The van der Waals surface area contributed by atoms with Crippen molar-refractivity contribution in [1.82, 2.24) is 15.3 Å². The van der Waals surface area contributed by atoms with E-state index in [9.17, 15) is 0 Å². The molecular formula is C14H19N3S. The first-order chi connectivity index (χ1) is 8.78. The Labute approximate surface area is 112 Å². The monoisotopic (exact) mass is 261 g/mol. The molecule has 0 saturated heterocycles. The van der Waals surface area contributed by atoms with Crippen LogP contribution < -0.4 is 5.32 Å². The molecule has 2 aromatic heterocycles. The van der Waals surface area contributed by atoms with E-state index in [4.69, 9.17) is 0 Å². The van der Waals surface area contributed by atoms with Crippen molar-refractivity contribution >= 4 is 11.3 Å². The molecule has 3 nitrogen and oxygen atoms in total. The fourth-order valence-electron chi connectivity index (χ4n) is 1.98. The van der Waals surface area contributed by atoms with E-state index in [0.29, 0.717) is 6.04 Å². The maximum absolute atomic E-state index is 4.53. The van der Waals surface area contributed by atoms with Gasteiger partial charge in [0.05, 0.1) is 5.01 Å². The molecule has 2 heterocycles. The Bertz CT molecular complexity index is 467. The van der Waals surface area contributed by atoms with Crippen LogP contribution >= 0.6 is 11.3 Å². The SMILES string of the molecule is CCNC(Cc1ccccn1)Cc1nc(C)cs1. The third-order valence-corrected chi connectivity index (χ3v) is 3.75. The predicted octanol–water partition coefficient (Wildman–Crippen LogP) is 2.61. The van der Waals surface area contributed by atoms with Gasteiger partial charge in [-0.05, 0) is 25.6 Å². The molecular weight excluding hydrogens is 242 g/mol. The van der Waals surface area contributed by atoms with Gasteiger partial charge in [-0.15, -0.1) is 11.3 Å². The van der Waals surface area contributed by atoms with Crippen molar-refractivity contribution in [1.29, 1.82) is 0 Å². The second-order valence-electron chi connectivity index (χ2n) is 4.37. The lowest BCUT2D eigenvalue weighted by Gasteiger charge is -2.16. The number of nitrogens with one attached hydrogen (secondary N) is 1. The van der Waals surface area contributed by atoms with Gasteiger partial charge in [-0.1, -0.05) is 13.0 Å². The van der Waals surface area contributed by atoms with E-state index in [1.807, 2.05) is 25.3 Å². The topological polar surface area (TPSA) is 37.8 Å². The van der Waals surface area contributed by atoms with E-state index >= 15 is 0 Å². The number of hydrogen-bond donors (Lipinski definition) is 1. The first-order valence-electron chi connectivity index (χ1n) is 6.32. The van der Waals surface area contributed by atoms with Crippen LogP contribution in [0, 0.1) is 6.92 Å². The average Bonchev–Trinajstić information content (AvgIpc) is 2.76. The van der Waals surface area contributed by atoms with Gasteiger partial charge in [0.15, 0.2) is 0 Å². The van der Waals surface area contributed by atoms with Crippen LogP contribution in [0.2, 0.25) is 0 Å². The van der Waals surface area contributed by atoms with Gasteiger partial charge in [-0.25, -0.2) is 4.98 Å². The standard InChI is InChI=1S/C14H19N3S/c1-3-15-13(8-12-6-4-5-7-16-12)9-14-17-11(2)10-18-14/h4-7,10,13,15H,3,8-9H2,1-2H3. The molecule has 1 N–H and O–H groups in total. The molecule has 0 spiro atoms. The van der Waals surface area contributed by atoms with E-state index in [1.54, 1.807) is 11.3 Å². The summed E-state index contributed by atoms with van der Waals surface area (Å²) >= 11 is 1.74. The first kappa shape index (κ1) is 13.2. The highest BCUT2D eigenvalue weighted by molar-refractivity contribution is 7.09. The summed E-state index contributed by atoms with van der Waals surface area (Å²) in [6.07, 6.45) is 3.78. The van der Waals surface area contributed by atoms with Crippen LogP contribution in [-0.4, -0.2) is 22.6 Å². The van der Waals surface area contributed by atoms with Crippen molar-refractivity contribution in [3.05, 3.63) is 46.2 Å². The maximum Gasteiger partial charge on any atom is 0.0943 e. The van der Waals surface area contributed by atoms with Crippen LogP contribution in [0.5, 0.6) is 0 Å². The van der Waals surface area contributed by atoms with Gasteiger partial charge in [0.1, 0.15) is 0 Å². The number of hydrogen-bond acceptors (Lipinski definition) is 4. The summed E-state index contributed by atoms with van der Waals surface area (Å²) in [5.74, 6) is 0. The molecule has 0 aliphatic heterocycles. The summed E-state index contributed by atoms with van der Waals surface area (Å²) < 4.78 is 0. The molecule has 0 saturated carbocycles. The molecule has 96 valence electrons. The third kappa shape index (κ3) is 3.89. The van der Waals surface area contributed by atoms with E-state index in [-0.39, 0.29) is 0 Å². The second kappa shape index (κ2) is 6.61. The molecule has 0 aliphatic rings. The minimum atomic E-state index is 0.412.